The molecule has 0 saturated carbocycles. The van der Waals surface area contributed by atoms with Crippen LogP contribution in [-0.4, -0.2) is 17.6 Å². The first-order valence-electron chi connectivity index (χ1n) is 5.94. The van der Waals surface area contributed by atoms with E-state index < -0.39 is 28.9 Å². The van der Waals surface area contributed by atoms with E-state index in [1.165, 1.54) is 6.92 Å². The summed E-state index contributed by atoms with van der Waals surface area (Å²) in [5.41, 5.74) is -2.36. The minimum Gasteiger partial charge on any atom is -0.481 e. The highest BCUT2D eigenvalue weighted by molar-refractivity contribution is 5.75. The molecule has 1 aromatic carbocycles. The minimum atomic E-state index is -4.61. The summed E-state index contributed by atoms with van der Waals surface area (Å²) in [7, 11) is 0. The molecule has 0 fully saturated rings. The Bertz CT molecular complexity index is 502. The molecule has 0 saturated heterocycles. The van der Waals surface area contributed by atoms with Gasteiger partial charge in [0.05, 0.1) is 16.7 Å². The Balaban J connectivity index is 2.87. The van der Waals surface area contributed by atoms with E-state index in [1.54, 1.807) is 6.92 Å². The van der Waals surface area contributed by atoms with E-state index in [0.717, 1.165) is 12.1 Å². The molecule has 7 heteroatoms. The highest BCUT2D eigenvalue weighted by Gasteiger charge is 2.33. The number of aliphatic carboxylic acids is 1. The van der Waals surface area contributed by atoms with Gasteiger partial charge in [-0.15, -0.1) is 0 Å². The van der Waals surface area contributed by atoms with Gasteiger partial charge in [0.25, 0.3) is 0 Å². The quantitative estimate of drug-likeness (QED) is 0.813. The largest absolute Gasteiger partial charge is 0.481 e. The molecular weight excluding hydrogens is 278 g/mol. The van der Waals surface area contributed by atoms with Crippen LogP contribution >= 0.6 is 0 Å². The number of carboxylic acids is 1. The van der Waals surface area contributed by atoms with Crippen LogP contribution in [0.5, 0.6) is 0 Å². The van der Waals surface area contributed by atoms with Crippen molar-refractivity contribution in [1.29, 1.82) is 0 Å². The average Bonchev–Trinajstić information content (AvgIpc) is 2.35. The van der Waals surface area contributed by atoms with Gasteiger partial charge in [0, 0.05) is 6.54 Å². The monoisotopic (exact) mass is 293 g/mol. The molecule has 0 bridgehead atoms. The Morgan fingerprint density at radius 2 is 1.95 bits per heavy atom. The maximum atomic E-state index is 13.6. The standard InChI is InChI=1S/C13H15F4NO2/c1-3-12(2,11(19)20)7-18-10-5-4-8(6-9(10)14)13(15,16)17/h4-6,18H,3,7H2,1-2H3,(H,19,20). The number of hydrogen-bond donors (Lipinski definition) is 2. The number of nitrogens with one attached hydrogen (secondary N) is 1. The molecule has 3 nitrogen and oxygen atoms in total. The van der Waals surface area contributed by atoms with E-state index in [9.17, 15) is 22.4 Å². The fraction of sp³-hybridized carbons (Fsp3) is 0.462. The van der Waals surface area contributed by atoms with Gasteiger partial charge in [0.15, 0.2) is 0 Å². The maximum Gasteiger partial charge on any atom is 0.416 e. The van der Waals surface area contributed by atoms with Crippen molar-refractivity contribution in [3.63, 3.8) is 0 Å². The Kier molecular flexibility index (Phi) is 4.62. The van der Waals surface area contributed by atoms with E-state index in [1.807, 2.05) is 0 Å². The molecule has 2 N–H and O–H groups in total. The summed E-state index contributed by atoms with van der Waals surface area (Å²) < 4.78 is 50.7. The third kappa shape index (κ3) is 3.61. The summed E-state index contributed by atoms with van der Waals surface area (Å²) in [5, 5.41) is 11.6. The first-order valence-corrected chi connectivity index (χ1v) is 5.94. The van der Waals surface area contributed by atoms with E-state index in [2.05, 4.69) is 5.32 Å². The van der Waals surface area contributed by atoms with Crippen LogP contribution in [0.15, 0.2) is 18.2 Å². The normalized spacial score (nSPS) is 14.7. The fourth-order valence-electron chi connectivity index (χ4n) is 1.48. The molecule has 0 aromatic heterocycles. The second kappa shape index (κ2) is 5.68. The van der Waals surface area contributed by atoms with Gasteiger partial charge in [0.1, 0.15) is 5.82 Å². The first-order chi connectivity index (χ1) is 9.10. The molecule has 0 aliphatic rings. The molecule has 0 heterocycles. The maximum absolute atomic E-state index is 13.6. The van der Waals surface area contributed by atoms with Gasteiger partial charge in [-0.25, -0.2) is 4.39 Å². The zero-order valence-electron chi connectivity index (χ0n) is 11.0. The summed E-state index contributed by atoms with van der Waals surface area (Å²) >= 11 is 0. The SMILES string of the molecule is CCC(C)(CNc1ccc(C(F)(F)F)cc1F)C(=O)O. The van der Waals surface area contributed by atoms with Crippen LogP contribution in [0.4, 0.5) is 23.2 Å². The van der Waals surface area contributed by atoms with Gasteiger partial charge in [-0.1, -0.05) is 6.92 Å². The molecule has 20 heavy (non-hydrogen) atoms. The molecular formula is C13H15F4NO2. The Hall–Kier alpha value is -1.79. The van der Waals surface area contributed by atoms with Crippen molar-refractivity contribution in [2.45, 2.75) is 26.4 Å². The third-order valence-corrected chi connectivity index (χ3v) is 3.26. The summed E-state index contributed by atoms with van der Waals surface area (Å²) in [5.74, 6) is -2.12. The summed E-state index contributed by atoms with van der Waals surface area (Å²) in [6, 6.07) is 2.08. The molecule has 1 aromatic rings. The molecule has 1 unspecified atom stereocenters. The number of carboxylic acid groups (broad SMARTS) is 1. The Labute approximate surface area is 113 Å². The number of benzene rings is 1. The third-order valence-electron chi connectivity index (χ3n) is 3.26. The van der Waals surface area contributed by atoms with Gasteiger partial charge < -0.3 is 10.4 Å². The Morgan fingerprint density at radius 1 is 1.35 bits per heavy atom. The molecule has 0 aliphatic carbocycles. The predicted octanol–water partition coefficient (Wildman–Crippen LogP) is 3.76. The van der Waals surface area contributed by atoms with Crippen LogP contribution in [0.3, 0.4) is 0 Å². The summed E-state index contributed by atoms with van der Waals surface area (Å²) in [4.78, 5) is 11.1. The molecule has 0 amide bonds. The van der Waals surface area contributed by atoms with Crippen LogP contribution in [0, 0.1) is 11.2 Å². The van der Waals surface area contributed by atoms with Crippen LogP contribution in [0.2, 0.25) is 0 Å². The highest BCUT2D eigenvalue weighted by Crippen LogP contribution is 2.31. The van der Waals surface area contributed by atoms with Gasteiger partial charge in [-0.2, -0.15) is 13.2 Å². The molecule has 0 radical (unpaired) electrons. The number of hydrogen-bond acceptors (Lipinski definition) is 2. The van der Waals surface area contributed by atoms with Crippen LogP contribution < -0.4 is 5.32 Å². The van der Waals surface area contributed by atoms with Gasteiger partial charge in [-0.05, 0) is 31.5 Å². The average molecular weight is 293 g/mol. The lowest BCUT2D eigenvalue weighted by molar-refractivity contribution is -0.147. The minimum absolute atomic E-state index is 0.0822. The topological polar surface area (TPSA) is 49.3 Å². The zero-order valence-corrected chi connectivity index (χ0v) is 11.0. The predicted molar refractivity (Wildman–Crippen MR) is 65.9 cm³/mol. The van der Waals surface area contributed by atoms with Gasteiger partial charge in [-0.3, -0.25) is 4.79 Å². The Morgan fingerprint density at radius 3 is 2.35 bits per heavy atom. The number of anilines is 1. The van der Waals surface area contributed by atoms with Crippen LogP contribution in [-0.2, 0) is 11.0 Å². The summed E-state index contributed by atoms with van der Waals surface area (Å²) in [6.45, 7) is 3.06. The van der Waals surface area contributed by atoms with Crippen LogP contribution in [0.1, 0.15) is 25.8 Å². The second-order valence-electron chi connectivity index (χ2n) is 4.77. The van der Waals surface area contributed by atoms with Gasteiger partial charge >= 0.3 is 12.1 Å². The van der Waals surface area contributed by atoms with E-state index in [-0.39, 0.29) is 12.2 Å². The fourth-order valence-corrected chi connectivity index (χ4v) is 1.48. The van der Waals surface area contributed by atoms with Crippen molar-refractivity contribution in [3.05, 3.63) is 29.6 Å². The van der Waals surface area contributed by atoms with Crippen LogP contribution in [0.25, 0.3) is 0 Å². The molecule has 0 spiro atoms. The lowest BCUT2D eigenvalue weighted by Gasteiger charge is -2.24. The van der Waals surface area contributed by atoms with Crippen molar-refractivity contribution in [3.8, 4) is 0 Å². The number of halogens is 4. The van der Waals surface area contributed by atoms with Crippen molar-refractivity contribution in [1.82, 2.24) is 0 Å². The van der Waals surface area contributed by atoms with E-state index in [4.69, 9.17) is 5.11 Å². The second-order valence-corrected chi connectivity index (χ2v) is 4.77. The van der Waals surface area contributed by atoms with Crippen molar-refractivity contribution in [2.75, 3.05) is 11.9 Å². The van der Waals surface area contributed by atoms with Crippen molar-refractivity contribution < 1.29 is 27.5 Å². The van der Waals surface area contributed by atoms with E-state index in [0.29, 0.717) is 12.5 Å². The molecule has 1 atom stereocenters. The summed E-state index contributed by atoms with van der Waals surface area (Å²) in [6.07, 6.45) is -4.31. The lowest BCUT2D eigenvalue weighted by Crippen LogP contribution is -2.34. The smallest absolute Gasteiger partial charge is 0.416 e. The van der Waals surface area contributed by atoms with Crippen molar-refractivity contribution >= 4 is 11.7 Å². The first kappa shape index (κ1) is 16.3. The van der Waals surface area contributed by atoms with Crippen molar-refractivity contribution in [2.24, 2.45) is 5.41 Å². The lowest BCUT2D eigenvalue weighted by atomic mass is 9.87. The number of alkyl halides is 3. The number of rotatable bonds is 5. The molecule has 0 aliphatic heterocycles. The van der Waals surface area contributed by atoms with E-state index >= 15 is 0 Å². The molecule has 112 valence electrons. The molecule has 1 rings (SSSR count). The van der Waals surface area contributed by atoms with Gasteiger partial charge in [0.2, 0.25) is 0 Å². The zero-order chi connectivity index (χ0) is 15.6. The highest BCUT2D eigenvalue weighted by atomic mass is 19.4. The number of carbonyl (C=O) groups is 1.